The van der Waals surface area contributed by atoms with E-state index in [4.69, 9.17) is 4.74 Å². The average molecular weight is 345 g/mol. The molecule has 1 N–H and O–H groups in total. The number of hydrogen-bond donors (Lipinski definition) is 1. The van der Waals surface area contributed by atoms with E-state index in [0.29, 0.717) is 0 Å². The van der Waals surface area contributed by atoms with E-state index in [9.17, 15) is 9.00 Å². The molecule has 23 heavy (non-hydrogen) atoms. The number of nitrogens with one attached hydrogen (secondary N) is 1. The van der Waals surface area contributed by atoms with Gasteiger partial charge >= 0.3 is 6.09 Å². The lowest BCUT2D eigenvalue weighted by Gasteiger charge is -2.52. The number of ether oxygens (including phenoxy) is 1. The standard InChI is InChI=1S/C17H32N2O3S/c1-11(19-23(21)16(5,6)7)12-10-13(17(12,8)9)18-14(20)22-15(2,3)4/h12-13H,10H2,1-9H3,(H,18,20)/b19-11+/t12-,13-,23-/m0/s1. The highest BCUT2D eigenvalue weighted by Gasteiger charge is 2.50. The molecular weight excluding hydrogens is 312 g/mol. The molecule has 6 heteroatoms. The fraction of sp³-hybridized carbons (Fsp3) is 0.882. The van der Waals surface area contributed by atoms with Gasteiger partial charge < -0.3 is 10.1 Å². The number of alkyl carbamates (subject to hydrolysis) is 1. The van der Waals surface area contributed by atoms with Gasteiger partial charge in [-0.1, -0.05) is 13.8 Å². The van der Waals surface area contributed by atoms with Crippen LogP contribution in [0, 0.1) is 11.3 Å². The maximum Gasteiger partial charge on any atom is 0.407 e. The third-order valence-electron chi connectivity index (χ3n) is 4.21. The summed E-state index contributed by atoms with van der Waals surface area (Å²) in [5, 5.41) is 2.94. The van der Waals surface area contributed by atoms with Crippen LogP contribution in [-0.4, -0.2) is 32.4 Å². The zero-order chi connectivity index (χ0) is 18.2. The van der Waals surface area contributed by atoms with Crippen LogP contribution in [0.3, 0.4) is 0 Å². The van der Waals surface area contributed by atoms with Crippen molar-refractivity contribution in [1.29, 1.82) is 0 Å². The Kier molecular flexibility index (Phi) is 5.72. The van der Waals surface area contributed by atoms with Gasteiger partial charge in [-0.05, 0) is 60.3 Å². The number of rotatable bonds is 3. The van der Waals surface area contributed by atoms with E-state index in [2.05, 4.69) is 23.6 Å². The number of nitrogens with zero attached hydrogens (tertiary/aromatic N) is 1. The van der Waals surface area contributed by atoms with E-state index in [0.717, 1.165) is 12.1 Å². The fourth-order valence-electron chi connectivity index (χ4n) is 2.66. The number of hydrogen-bond acceptors (Lipinski definition) is 3. The number of amides is 1. The molecule has 0 aromatic heterocycles. The first-order chi connectivity index (χ1) is 10.1. The fourth-order valence-corrected chi connectivity index (χ4v) is 3.32. The second-order valence-electron chi connectivity index (χ2n) is 8.90. The third kappa shape index (κ3) is 5.30. The van der Waals surface area contributed by atoms with Gasteiger partial charge in [0.1, 0.15) is 16.6 Å². The molecule has 0 spiro atoms. The van der Waals surface area contributed by atoms with Gasteiger partial charge in [-0.25, -0.2) is 9.00 Å². The van der Waals surface area contributed by atoms with Gasteiger partial charge in [0.25, 0.3) is 0 Å². The molecule has 5 nitrogen and oxygen atoms in total. The predicted molar refractivity (Wildman–Crippen MR) is 96.1 cm³/mol. The molecule has 0 bridgehead atoms. The molecule has 0 aromatic rings. The molecule has 1 aliphatic rings. The molecule has 1 rings (SSSR count). The minimum absolute atomic E-state index is 0.0376. The lowest BCUT2D eigenvalue weighted by atomic mass is 9.57. The molecule has 0 aliphatic heterocycles. The van der Waals surface area contributed by atoms with Crippen LogP contribution in [0.2, 0.25) is 0 Å². The van der Waals surface area contributed by atoms with Crippen molar-refractivity contribution < 1.29 is 13.7 Å². The van der Waals surface area contributed by atoms with Gasteiger partial charge in [0.15, 0.2) is 0 Å². The number of carbonyl (C=O) groups is 1. The molecule has 3 atom stereocenters. The molecule has 0 unspecified atom stereocenters. The Labute approximate surface area is 143 Å². The summed E-state index contributed by atoms with van der Waals surface area (Å²) in [5.41, 5.74) is 0.260. The van der Waals surface area contributed by atoms with E-state index in [1.807, 2.05) is 48.5 Å². The Morgan fingerprint density at radius 3 is 2.13 bits per heavy atom. The predicted octanol–water partition coefficient (Wildman–Crippen LogP) is 3.85. The van der Waals surface area contributed by atoms with Crippen LogP contribution in [0.4, 0.5) is 4.79 Å². The van der Waals surface area contributed by atoms with Crippen LogP contribution in [0.1, 0.15) is 68.7 Å². The molecule has 134 valence electrons. The first-order valence-electron chi connectivity index (χ1n) is 8.11. The number of carbonyl (C=O) groups excluding carboxylic acids is 1. The molecule has 1 saturated carbocycles. The van der Waals surface area contributed by atoms with Crippen molar-refractivity contribution in [3.8, 4) is 0 Å². The topological polar surface area (TPSA) is 67.8 Å². The van der Waals surface area contributed by atoms with Gasteiger partial charge in [-0.3, -0.25) is 0 Å². The molecule has 1 aliphatic carbocycles. The quantitative estimate of drug-likeness (QED) is 0.791. The summed E-state index contributed by atoms with van der Waals surface area (Å²) in [7, 11) is -1.25. The Bertz CT molecular complexity index is 513. The Hall–Kier alpha value is -0.910. The zero-order valence-corrected chi connectivity index (χ0v) is 16.8. The highest BCUT2D eigenvalue weighted by molar-refractivity contribution is 7.85. The van der Waals surface area contributed by atoms with Gasteiger partial charge in [0.2, 0.25) is 0 Å². The van der Waals surface area contributed by atoms with E-state index < -0.39 is 16.6 Å². The van der Waals surface area contributed by atoms with Crippen LogP contribution in [0.5, 0.6) is 0 Å². The highest BCUT2D eigenvalue weighted by atomic mass is 32.2. The summed E-state index contributed by atoms with van der Waals surface area (Å²) in [6, 6.07) is 0.0376. The molecule has 1 amide bonds. The van der Waals surface area contributed by atoms with Gasteiger partial charge in [0.05, 0.1) is 4.75 Å². The van der Waals surface area contributed by atoms with Crippen LogP contribution < -0.4 is 5.32 Å². The Morgan fingerprint density at radius 2 is 1.74 bits per heavy atom. The first-order valence-corrected chi connectivity index (χ1v) is 9.22. The summed E-state index contributed by atoms with van der Waals surface area (Å²) in [4.78, 5) is 11.9. The van der Waals surface area contributed by atoms with E-state index in [1.54, 1.807) is 0 Å². The second-order valence-corrected chi connectivity index (χ2v) is 10.8. The Morgan fingerprint density at radius 1 is 1.22 bits per heavy atom. The van der Waals surface area contributed by atoms with Gasteiger partial charge in [-0.2, -0.15) is 4.40 Å². The van der Waals surface area contributed by atoms with E-state index >= 15 is 0 Å². The molecule has 1 fully saturated rings. The second kappa shape index (κ2) is 6.54. The molecule has 0 aromatic carbocycles. The lowest BCUT2D eigenvalue weighted by Crippen LogP contribution is -2.60. The summed E-state index contributed by atoms with van der Waals surface area (Å²) in [5.74, 6) is 0.216. The lowest BCUT2D eigenvalue weighted by molar-refractivity contribution is 0.0208. The highest BCUT2D eigenvalue weighted by Crippen LogP contribution is 2.47. The van der Waals surface area contributed by atoms with Crippen molar-refractivity contribution in [3.63, 3.8) is 0 Å². The van der Waals surface area contributed by atoms with Gasteiger partial charge in [-0.15, -0.1) is 0 Å². The van der Waals surface area contributed by atoms with Crippen molar-refractivity contribution in [2.24, 2.45) is 15.7 Å². The monoisotopic (exact) mass is 344 g/mol. The van der Waals surface area contributed by atoms with Crippen molar-refractivity contribution in [1.82, 2.24) is 5.32 Å². The van der Waals surface area contributed by atoms with Crippen LogP contribution in [0.15, 0.2) is 4.40 Å². The van der Waals surface area contributed by atoms with Crippen LogP contribution in [0.25, 0.3) is 0 Å². The Balaban J connectivity index is 2.70. The maximum atomic E-state index is 12.2. The van der Waals surface area contributed by atoms with Crippen LogP contribution >= 0.6 is 0 Å². The average Bonchev–Trinajstić information content (AvgIpc) is 2.30. The summed E-state index contributed by atoms with van der Waals surface area (Å²) >= 11 is 0. The van der Waals surface area contributed by atoms with E-state index in [1.165, 1.54) is 0 Å². The smallest absolute Gasteiger partial charge is 0.407 e. The van der Waals surface area contributed by atoms with E-state index in [-0.39, 0.29) is 28.2 Å². The van der Waals surface area contributed by atoms with Crippen molar-refractivity contribution in [2.45, 2.75) is 85.1 Å². The minimum Gasteiger partial charge on any atom is -0.444 e. The normalized spacial score (nSPS) is 26.2. The SMILES string of the molecule is C/C(=N\[S@@](=O)C(C)(C)C)[C@@H]1C[C@H](NC(=O)OC(C)(C)C)C1(C)C. The summed E-state index contributed by atoms with van der Waals surface area (Å²) in [6.07, 6.45) is 0.407. The zero-order valence-electron chi connectivity index (χ0n) is 15.9. The van der Waals surface area contributed by atoms with Crippen molar-refractivity contribution in [2.75, 3.05) is 0 Å². The molecule has 0 saturated heterocycles. The maximum absolute atomic E-state index is 12.2. The van der Waals surface area contributed by atoms with Crippen LogP contribution in [-0.2, 0) is 15.7 Å². The summed E-state index contributed by atoms with van der Waals surface area (Å²) in [6.45, 7) is 17.4. The van der Waals surface area contributed by atoms with Gasteiger partial charge in [0, 0.05) is 17.7 Å². The first kappa shape index (κ1) is 20.1. The van der Waals surface area contributed by atoms with Crippen molar-refractivity contribution in [3.05, 3.63) is 0 Å². The molecule has 0 heterocycles. The largest absolute Gasteiger partial charge is 0.444 e. The van der Waals surface area contributed by atoms with Crippen molar-refractivity contribution >= 4 is 22.8 Å². The minimum atomic E-state index is -1.25. The molecule has 0 radical (unpaired) electrons. The molecular formula is C17H32N2O3S. The third-order valence-corrected chi connectivity index (χ3v) is 5.72. The summed E-state index contributed by atoms with van der Waals surface area (Å²) < 4.78 is 21.5.